The highest BCUT2D eigenvalue weighted by molar-refractivity contribution is 8.00. The fourth-order valence-electron chi connectivity index (χ4n) is 4.01. The van der Waals surface area contributed by atoms with Crippen molar-refractivity contribution < 1.29 is 9.21 Å². The van der Waals surface area contributed by atoms with Gasteiger partial charge in [-0.05, 0) is 37.0 Å². The second-order valence-corrected chi connectivity index (χ2v) is 10.2. The van der Waals surface area contributed by atoms with Crippen LogP contribution >= 0.6 is 23.1 Å². The third kappa shape index (κ3) is 4.66. The van der Waals surface area contributed by atoms with Crippen LogP contribution in [-0.2, 0) is 4.79 Å². The molecule has 0 unspecified atom stereocenters. The fraction of sp³-hybridized carbons (Fsp3) is 0.333. The van der Waals surface area contributed by atoms with E-state index in [9.17, 15) is 4.79 Å². The van der Waals surface area contributed by atoms with E-state index in [1.807, 2.05) is 59.7 Å². The quantitative estimate of drug-likeness (QED) is 0.372. The van der Waals surface area contributed by atoms with Crippen molar-refractivity contribution in [2.75, 3.05) is 32.7 Å². The molecule has 0 bridgehead atoms. The van der Waals surface area contributed by atoms with Gasteiger partial charge in [0.25, 0.3) is 5.22 Å². The van der Waals surface area contributed by atoms with Crippen LogP contribution in [0.1, 0.15) is 13.8 Å². The molecule has 170 valence electrons. The fourth-order valence-corrected chi connectivity index (χ4v) is 5.47. The zero-order valence-electron chi connectivity index (χ0n) is 18.6. The molecule has 1 amide bonds. The third-order valence-electron chi connectivity index (χ3n) is 5.88. The lowest BCUT2D eigenvalue weighted by molar-refractivity contribution is -0.132. The third-order valence-corrected chi connectivity index (χ3v) is 7.70. The topological polar surface area (TPSA) is 75.4 Å². The van der Waals surface area contributed by atoms with Gasteiger partial charge in [0.05, 0.1) is 26.9 Å². The molecule has 5 rings (SSSR count). The van der Waals surface area contributed by atoms with Crippen molar-refractivity contribution in [1.29, 1.82) is 0 Å². The van der Waals surface area contributed by atoms with Crippen molar-refractivity contribution in [2.24, 2.45) is 0 Å². The molecule has 0 spiro atoms. The summed E-state index contributed by atoms with van der Waals surface area (Å²) in [6, 6.07) is 14.0. The van der Waals surface area contributed by atoms with E-state index in [0.29, 0.717) is 11.1 Å². The molecule has 7 nitrogen and oxygen atoms in total. The molecule has 1 saturated heterocycles. The largest absolute Gasteiger partial charge is 0.411 e. The first-order valence-electron chi connectivity index (χ1n) is 11.1. The highest BCUT2D eigenvalue weighted by atomic mass is 32.2. The van der Waals surface area contributed by atoms with Crippen LogP contribution in [0, 0.1) is 0 Å². The van der Waals surface area contributed by atoms with Crippen LogP contribution in [0.2, 0.25) is 0 Å². The average molecular weight is 480 g/mol. The Kier molecular flexibility index (Phi) is 6.43. The molecule has 1 aliphatic heterocycles. The number of likely N-dealkylation sites (N-methyl/N-ethyl adjacent to an activating group) is 1. The smallest absolute Gasteiger partial charge is 0.277 e. The van der Waals surface area contributed by atoms with Gasteiger partial charge in [0.2, 0.25) is 11.8 Å². The van der Waals surface area contributed by atoms with E-state index >= 15 is 0 Å². The second-order valence-electron chi connectivity index (χ2n) is 7.94. The van der Waals surface area contributed by atoms with Gasteiger partial charge in [-0.2, -0.15) is 0 Å². The number of pyridine rings is 1. The molecule has 1 aromatic carbocycles. The van der Waals surface area contributed by atoms with E-state index in [4.69, 9.17) is 9.40 Å². The Labute approximate surface area is 200 Å². The molecule has 1 aliphatic rings. The van der Waals surface area contributed by atoms with Crippen molar-refractivity contribution in [3.05, 3.63) is 47.8 Å². The Morgan fingerprint density at radius 1 is 1.15 bits per heavy atom. The van der Waals surface area contributed by atoms with Crippen LogP contribution < -0.4 is 0 Å². The number of hydrogen-bond acceptors (Lipinski definition) is 8. The van der Waals surface area contributed by atoms with Crippen LogP contribution in [-0.4, -0.2) is 68.9 Å². The zero-order valence-corrected chi connectivity index (χ0v) is 20.2. The van der Waals surface area contributed by atoms with Crippen LogP contribution in [0.25, 0.3) is 32.9 Å². The standard InChI is InChI=1S/C24H25N5O2S2/c1-3-28-10-12-29(13-11-28)23(30)16(2)33-24-27-26-22(31-24)18-15-20(21-9-6-14-32-21)25-19-8-5-4-7-17(18)19/h4-9,14-16H,3,10-13H2,1-2H3/t16-/m0/s1. The molecular weight excluding hydrogens is 454 g/mol. The van der Waals surface area contributed by atoms with E-state index in [2.05, 4.69) is 22.0 Å². The lowest BCUT2D eigenvalue weighted by atomic mass is 10.1. The highest BCUT2D eigenvalue weighted by Crippen LogP contribution is 2.34. The molecular formula is C24H25N5O2S2. The van der Waals surface area contributed by atoms with Gasteiger partial charge >= 0.3 is 0 Å². The van der Waals surface area contributed by atoms with Gasteiger partial charge in [0, 0.05) is 31.6 Å². The first-order chi connectivity index (χ1) is 16.1. The Balaban J connectivity index is 1.37. The minimum absolute atomic E-state index is 0.116. The summed E-state index contributed by atoms with van der Waals surface area (Å²) in [5.74, 6) is 0.551. The number of para-hydroxylation sites is 1. The number of amides is 1. The number of nitrogens with zero attached hydrogens (tertiary/aromatic N) is 5. The monoisotopic (exact) mass is 479 g/mol. The first kappa shape index (κ1) is 22.1. The van der Waals surface area contributed by atoms with Gasteiger partial charge in [0.1, 0.15) is 0 Å². The van der Waals surface area contributed by atoms with Crippen molar-refractivity contribution >= 4 is 39.9 Å². The Morgan fingerprint density at radius 3 is 2.73 bits per heavy atom. The zero-order chi connectivity index (χ0) is 22.8. The van der Waals surface area contributed by atoms with Gasteiger partial charge in [-0.3, -0.25) is 4.79 Å². The van der Waals surface area contributed by atoms with Crippen LogP contribution in [0.4, 0.5) is 0 Å². The summed E-state index contributed by atoms with van der Waals surface area (Å²) in [5.41, 5.74) is 2.60. The second kappa shape index (κ2) is 9.62. The number of aromatic nitrogens is 3. The van der Waals surface area contributed by atoms with Gasteiger partial charge in [-0.25, -0.2) is 4.98 Å². The molecule has 0 saturated carbocycles. The summed E-state index contributed by atoms with van der Waals surface area (Å²) < 4.78 is 6.03. The summed E-state index contributed by atoms with van der Waals surface area (Å²) in [7, 11) is 0. The van der Waals surface area contributed by atoms with Gasteiger partial charge < -0.3 is 14.2 Å². The molecule has 0 N–H and O–H groups in total. The minimum atomic E-state index is -0.289. The van der Waals surface area contributed by atoms with Gasteiger partial charge in [-0.1, -0.05) is 43.0 Å². The highest BCUT2D eigenvalue weighted by Gasteiger charge is 2.27. The van der Waals surface area contributed by atoms with Gasteiger partial charge in [0.15, 0.2) is 0 Å². The number of rotatable bonds is 6. The van der Waals surface area contributed by atoms with Crippen molar-refractivity contribution in [2.45, 2.75) is 24.3 Å². The number of piperazine rings is 1. The van der Waals surface area contributed by atoms with Crippen molar-refractivity contribution in [1.82, 2.24) is 25.0 Å². The molecule has 0 aliphatic carbocycles. The van der Waals surface area contributed by atoms with Crippen LogP contribution in [0.3, 0.4) is 0 Å². The molecule has 9 heteroatoms. The maximum atomic E-state index is 12.9. The predicted molar refractivity (Wildman–Crippen MR) is 132 cm³/mol. The summed E-state index contributed by atoms with van der Waals surface area (Å²) in [6.07, 6.45) is 0. The number of hydrogen-bond donors (Lipinski definition) is 0. The molecule has 4 heterocycles. The average Bonchev–Trinajstić information content (AvgIpc) is 3.56. The summed E-state index contributed by atoms with van der Waals surface area (Å²) in [6.45, 7) is 8.45. The first-order valence-corrected chi connectivity index (χ1v) is 12.8. The number of thioether (sulfide) groups is 1. The Bertz CT molecular complexity index is 1250. The molecule has 1 atom stereocenters. The number of fused-ring (bicyclic) bond motifs is 1. The maximum Gasteiger partial charge on any atom is 0.277 e. The minimum Gasteiger partial charge on any atom is -0.411 e. The van der Waals surface area contributed by atoms with Crippen molar-refractivity contribution in [3.8, 4) is 22.0 Å². The van der Waals surface area contributed by atoms with E-state index in [1.165, 1.54) is 11.8 Å². The van der Waals surface area contributed by atoms with E-state index in [-0.39, 0.29) is 11.2 Å². The molecule has 1 fully saturated rings. The lowest BCUT2D eigenvalue weighted by Crippen LogP contribution is -2.50. The predicted octanol–water partition coefficient (Wildman–Crippen LogP) is 4.66. The lowest BCUT2D eigenvalue weighted by Gasteiger charge is -2.35. The van der Waals surface area contributed by atoms with E-state index in [0.717, 1.165) is 59.8 Å². The van der Waals surface area contributed by atoms with E-state index < -0.39 is 0 Å². The number of thiophene rings is 1. The number of benzene rings is 1. The summed E-state index contributed by atoms with van der Waals surface area (Å²) in [5, 5.41) is 11.6. The summed E-state index contributed by atoms with van der Waals surface area (Å²) >= 11 is 2.96. The Hall–Kier alpha value is -2.75. The van der Waals surface area contributed by atoms with Crippen LogP contribution in [0.15, 0.2) is 57.5 Å². The molecule has 4 aromatic rings. The maximum absolute atomic E-state index is 12.9. The summed E-state index contributed by atoms with van der Waals surface area (Å²) in [4.78, 5) is 23.1. The SMILES string of the molecule is CCN1CCN(C(=O)[C@H](C)Sc2nnc(-c3cc(-c4cccs4)nc4ccccc34)o2)CC1. The van der Waals surface area contributed by atoms with Crippen molar-refractivity contribution in [3.63, 3.8) is 0 Å². The molecule has 3 aromatic heterocycles. The molecule has 33 heavy (non-hydrogen) atoms. The Morgan fingerprint density at radius 2 is 1.97 bits per heavy atom. The molecule has 0 radical (unpaired) electrons. The van der Waals surface area contributed by atoms with E-state index in [1.54, 1.807) is 11.3 Å². The van der Waals surface area contributed by atoms with Gasteiger partial charge in [-0.15, -0.1) is 21.5 Å². The normalized spacial score (nSPS) is 15.8. The number of carbonyl (C=O) groups excluding carboxylic acids is 1. The van der Waals surface area contributed by atoms with Crippen LogP contribution in [0.5, 0.6) is 0 Å². The number of carbonyl (C=O) groups is 1.